The minimum absolute atomic E-state index is 0.274. The van der Waals surface area contributed by atoms with E-state index in [2.05, 4.69) is 15.6 Å². The van der Waals surface area contributed by atoms with Crippen molar-refractivity contribution in [2.24, 2.45) is 0 Å². The number of anilines is 1. The van der Waals surface area contributed by atoms with Gasteiger partial charge in [0.25, 0.3) is 0 Å². The van der Waals surface area contributed by atoms with Crippen molar-refractivity contribution >= 4 is 11.8 Å². The van der Waals surface area contributed by atoms with Gasteiger partial charge in [-0.2, -0.15) is 13.2 Å². The van der Waals surface area contributed by atoms with Crippen molar-refractivity contribution in [1.82, 2.24) is 10.3 Å². The lowest BCUT2D eigenvalue weighted by Gasteiger charge is -2.19. The molecule has 5 nitrogen and oxygen atoms in total. The number of aromatic nitrogens is 1. The normalized spacial score (nSPS) is 11.9. The molecule has 1 aromatic rings. The molecule has 0 aliphatic heterocycles. The van der Waals surface area contributed by atoms with Crippen LogP contribution in [0.2, 0.25) is 0 Å². The highest BCUT2D eigenvalue weighted by molar-refractivity contribution is 5.67. The number of carbonyl (C=O) groups excluding carboxylic acids is 1. The predicted molar refractivity (Wildman–Crippen MR) is 72.0 cm³/mol. The van der Waals surface area contributed by atoms with Crippen molar-refractivity contribution in [3.63, 3.8) is 0 Å². The number of carbonyl (C=O) groups is 1. The lowest BCUT2D eigenvalue weighted by Crippen LogP contribution is -2.35. The summed E-state index contributed by atoms with van der Waals surface area (Å²) in [6, 6.07) is 2.17. The minimum atomic E-state index is -4.45. The molecule has 0 spiro atoms. The van der Waals surface area contributed by atoms with E-state index in [1.165, 1.54) is 6.07 Å². The van der Waals surface area contributed by atoms with Crippen molar-refractivity contribution in [2.75, 3.05) is 18.4 Å². The van der Waals surface area contributed by atoms with Crippen LogP contribution in [0.3, 0.4) is 0 Å². The number of nitrogens with zero attached hydrogens (tertiary/aromatic N) is 1. The number of halogens is 3. The SMILES string of the molecule is CC(C)(C)OC(=O)NCCNc1ccc(C(F)(F)F)nc1. The Kier molecular flexibility index (Phi) is 5.40. The minimum Gasteiger partial charge on any atom is -0.444 e. The van der Waals surface area contributed by atoms with Crippen LogP contribution in [-0.2, 0) is 10.9 Å². The maximum atomic E-state index is 12.3. The number of hydrogen-bond acceptors (Lipinski definition) is 4. The Bertz CT molecular complexity index is 467. The zero-order chi connectivity index (χ0) is 16.1. The molecule has 1 aromatic heterocycles. The quantitative estimate of drug-likeness (QED) is 0.839. The molecule has 0 aliphatic rings. The van der Waals surface area contributed by atoms with E-state index in [1.807, 2.05) is 0 Å². The zero-order valence-corrected chi connectivity index (χ0v) is 12.0. The van der Waals surface area contributed by atoms with Crippen molar-refractivity contribution in [3.05, 3.63) is 24.0 Å². The second kappa shape index (κ2) is 6.64. The van der Waals surface area contributed by atoms with Gasteiger partial charge in [-0.15, -0.1) is 0 Å². The molecule has 1 rings (SSSR count). The van der Waals surface area contributed by atoms with Gasteiger partial charge in [-0.25, -0.2) is 9.78 Å². The predicted octanol–water partition coefficient (Wildman–Crippen LogP) is 3.04. The van der Waals surface area contributed by atoms with E-state index in [4.69, 9.17) is 4.74 Å². The van der Waals surface area contributed by atoms with Crippen LogP contribution in [0.25, 0.3) is 0 Å². The number of alkyl carbamates (subject to hydrolysis) is 1. The molecular formula is C13H18F3N3O2. The van der Waals surface area contributed by atoms with E-state index < -0.39 is 23.6 Å². The number of pyridine rings is 1. The molecule has 118 valence electrons. The molecule has 1 heterocycles. The number of nitrogens with one attached hydrogen (secondary N) is 2. The van der Waals surface area contributed by atoms with E-state index in [0.717, 1.165) is 12.3 Å². The number of ether oxygens (including phenoxy) is 1. The molecule has 0 bridgehead atoms. The molecule has 0 radical (unpaired) electrons. The maximum absolute atomic E-state index is 12.3. The fourth-order valence-electron chi connectivity index (χ4n) is 1.35. The van der Waals surface area contributed by atoms with Crippen molar-refractivity contribution in [2.45, 2.75) is 32.5 Å². The fourth-order valence-corrected chi connectivity index (χ4v) is 1.35. The molecule has 0 saturated carbocycles. The third kappa shape index (κ3) is 6.82. The van der Waals surface area contributed by atoms with Crippen LogP contribution in [0.1, 0.15) is 26.5 Å². The van der Waals surface area contributed by atoms with Gasteiger partial charge >= 0.3 is 12.3 Å². The van der Waals surface area contributed by atoms with Crippen molar-refractivity contribution in [3.8, 4) is 0 Å². The van der Waals surface area contributed by atoms with Gasteiger partial charge in [0.2, 0.25) is 0 Å². The Morgan fingerprint density at radius 3 is 2.38 bits per heavy atom. The summed E-state index contributed by atoms with van der Waals surface area (Å²) in [6.45, 7) is 5.86. The van der Waals surface area contributed by atoms with Gasteiger partial charge in [0, 0.05) is 13.1 Å². The molecule has 0 saturated heterocycles. The molecule has 0 aliphatic carbocycles. The third-order valence-corrected chi connectivity index (χ3v) is 2.18. The molecule has 2 N–H and O–H groups in total. The summed E-state index contributed by atoms with van der Waals surface area (Å²) in [5.74, 6) is 0. The van der Waals surface area contributed by atoms with E-state index in [0.29, 0.717) is 12.2 Å². The van der Waals surface area contributed by atoms with E-state index >= 15 is 0 Å². The van der Waals surface area contributed by atoms with Gasteiger partial charge in [-0.05, 0) is 32.9 Å². The van der Waals surface area contributed by atoms with Crippen LogP contribution in [0.4, 0.5) is 23.7 Å². The van der Waals surface area contributed by atoms with Crippen LogP contribution in [0.15, 0.2) is 18.3 Å². The Morgan fingerprint density at radius 2 is 1.90 bits per heavy atom. The highest BCUT2D eigenvalue weighted by Crippen LogP contribution is 2.27. The molecular weight excluding hydrogens is 287 g/mol. The number of amides is 1. The number of rotatable bonds is 4. The standard InChI is InChI=1S/C13H18F3N3O2/c1-12(2,3)21-11(20)18-7-6-17-9-4-5-10(19-8-9)13(14,15)16/h4-5,8,17H,6-7H2,1-3H3,(H,18,20). The lowest BCUT2D eigenvalue weighted by molar-refractivity contribution is -0.141. The Morgan fingerprint density at radius 1 is 1.24 bits per heavy atom. The first-order chi connectivity index (χ1) is 9.58. The molecule has 0 aromatic carbocycles. The third-order valence-electron chi connectivity index (χ3n) is 2.18. The van der Waals surface area contributed by atoms with Gasteiger partial charge in [0.15, 0.2) is 0 Å². The van der Waals surface area contributed by atoms with Crippen LogP contribution < -0.4 is 10.6 Å². The fraction of sp³-hybridized carbons (Fsp3) is 0.538. The second-order valence-electron chi connectivity index (χ2n) is 5.29. The smallest absolute Gasteiger partial charge is 0.433 e. The summed E-state index contributed by atoms with van der Waals surface area (Å²) in [6.07, 6.45) is -3.90. The summed E-state index contributed by atoms with van der Waals surface area (Å²) in [5, 5.41) is 5.36. The van der Waals surface area contributed by atoms with Gasteiger partial charge in [0.05, 0.1) is 11.9 Å². The van der Waals surface area contributed by atoms with Crippen LogP contribution in [-0.4, -0.2) is 29.8 Å². The van der Waals surface area contributed by atoms with Gasteiger partial charge in [-0.1, -0.05) is 0 Å². The topological polar surface area (TPSA) is 63.2 Å². The highest BCUT2D eigenvalue weighted by Gasteiger charge is 2.31. The Labute approximate surface area is 120 Å². The first-order valence-corrected chi connectivity index (χ1v) is 6.32. The largest absolute Gasteiger partial charge is 0.444 e. The molecule has 1 amide bonds. The van der Waals surface area contributed by atoms with Crippen molar-refractivity contribution < 1.29 is 22.7 Å². The number of hydrogen-bond donors (Lipinski definition) is 2. The average Bonchev–Trinajstić information content (AvgIpc) is 2.32. The monoisotopic (exact) mass is 305 g/mol. The lowest BCUT2D eigenvalue weighted by atomic mass is 10.2. The summed E-state index contributed by atoms with van der Waals surface area (Å²) in [7, 11) is 0. The first-order valence-electron chi connectivity index (χ1n) is 6.32. The average molecular weight is 305 g/mol. The second-order valence-corrected chi connectivity index (χ2v) is 5.29. The zero-order valence-electron chi connectivity index (χ0n) is 12.0. The molecule has 0 atom stereocenters. The van der Waals surface area contributed by atoms with Gasteiger partial charge in [0.1, 0.15) is 11.3 Å². The summed E-state index contributed by atoms with van der Waals surface area (Å²) >= 11 is 0. The summed E-state index contributed by atoms with van der Waals surface area (Å²) < 4.78 is 41.9. The molecule has 0 fully saturated rings. The van der Waals surface area contributed by atoms with Crippen LogP contribution in [0.5, 0.6) is 0 Å². The van der Waals surface area contributed by atoms with E-state index in [9.17, 15) is 18.0 Å². The summed E-state index contributed by atoms with van der Waals surface area (Å²) in [5.41, 5.74) is -1.08. The first kappa shape index (κ1) is 17.1. The van der Waals surface area contributed by atoms with E-state index in [1.54, 1.807) is 20.8 Å². The van der Waals surface area contributed by atoms with Crippen LogP contribution >= 0.6 is 0 Å². The van der Waals surface area contributed by atoms with Gasteiger partial charge in [-0.3, -0.25) is 0 Å². The van der Waals surface area contributed by atoms with Crippen LogP contribution in [0, 0.1) is 0 Å². The summed E-state index contributed by atoms with van der Waals surface area (Å²) in [4.78, 5) is 14.6. The van der Waals surface area contributed by atoms with Crippen molar-refractivity contribution in [1.29, 1.82) is 0 Å². The Balaban J connectivity index is 2.32. The molecule has 21 heavy (non-hydrogen) atoms. The van der Waals surface area contributed by atoms with E-state index in [-0.39, 0.29) is 6.54 Å². The molecule has 8 heteroatoms. The maximum Gasteiger partial charge on any atom is 0.433 e. The van der Waals surface area contributed by atoms with Gasteiger partial charge < -0.3 is 15.4 Å². The highest BCUT2D eigenvalue weighted by atomic mass is 19.4. The number of alkyl halides is 3. The molecule has 0 unspecified atom stereocenters. The Hall–Kier alpha value is -1.99.